The first-order valence-corrected chi connectivity index (χ1v) is 10.5. The van der Waals surface area contributed by atoms with Crippen molar-refractivity contribution in [2.45, 2.75) is 69.7 Å². The van der Waals surface area contributed by atoms with Gasteiger partial charge in [-0.25, -0.2) is 13.1 Å². The van der Waals surface area contributed by atoms with E-state index in [-0.39, 0.29) is 16.8 Å². The lowest BCUT2D eigenvalue weighted by Gasteiger charge is -2.21. The second kappa shape index (κ2) is 7.30. The molecular formula is C19H26N2O3S. The number of sulfonamides is 1. The molecule has 0 aromatic heterocycles. The highest BCUT2D eigenvalue weighted by Gasteiger charge is 2.28. The second-order valence-electron chi connectivity index (χ2n) is 7.20. The second-order valence-corrected chi connectivity index (χ2v) is 8.91. The number of nitrogens with one attached hydrogen (secondary N) is 2. The molecular weight excluding hydrogens is 336 g/mol. The fraction of sp³-hybridized carbons (Fsp3) is 0.526. The van der Waals surface area contributed by atoms with Gasteiger partial charge in [-0.05, 0) is 44.9 Å². The first-order chi connectivity index (χ1) is 11.9. The average Bonchev–Trinajstić information content (AvgIpc) is 2.84. The number of hydrogen-bond acceptors (Lipinski definition) is 3. The highest BCUT2D eigenvalue weighted by molar-refractivity contribution is 7.89. The molecule has 5 nitrogen and oxygen atoms in total. The molecule has 1 heterocycles. The van der Waals surface area contributed by atoms with Gasteiger partial charge in [0, 0.05) is 22.9 Å². The zero-order chi connectivity index (χ0) is 18.0. The van der Waals surface area contributed by atoms with Gasteiger partial charge >= 0.3 is 0 Å². The van der Waals surface area contributed by atoms with Crippen LogP contribution in [0.2, 0.25) is 0 Å². The highest BCUT2D eigenvalue weighted by atomic mass is 32.2. The lowest BCUT2D eigenvalue weighted by Crippen LogP contribution is -2.35. The minimum atomic E-state index is -3.59. The summed E-state index contributed by atoms with van der Waals surface area (Å²) in [7, 11) is -3.59. The van der Waals surface area contributed by atoms with Gasteiger partial charge in [-0.3, -0.25) is 4.79 Å². The van der Waals surface area contributed by atoms with Crippen molar-refractivity contribution in [3.8, 4) is 0 Å². The molecule has 0 saturated heterocycles. The zero-order valence-electron chi connectivity index (χ0n) is 14.9. The van der Waals surface area contributed by atoms with Gasteiger partial charge in [-0.2, -0.15) is 0 Å². The molecule has 1 saturated carbocycles. The van der Waals surface area contributed by atoms with Gasteiger partial charge in [0.15, 0.2) is 0 Å². The Kier molecular flexibility index (Phi) is 5.29. The quantitative estimate of drug-likeness (QED) is 0.803. The van der Waals surface area contributed by atoms with Gasteiger partial charge in [0.05, 0.1) is 4.90 Å². The smallest absolute Gasteiger partial charge is 0.256 e. The van der Waals surface area contributed by atoms with Crippen LogP contribution >= 0.6 is 0 Å². The van der Waals surface area contributed by atoms with Gasteiger partial charge < -0.3 is 5.32 Å². The Morgan fingerprint density at radius 3 is 2.36 bits per heavy atom. The number of carbonyl (C=O) groups excluding carboxylic acids is 1. The van der Waals surface area contributed by atoms with E-state index in [9.17, 15) is 13.2 Å². The molecule has 6 heteroatoms. The third-order valence-electron chi connectivity index (χ3n) is 4.97. The molecule has 2 aliphatic rings. The Labute approximate surface area is 149 Å². The van der Waals surface area contributed by atoms with E-state index in [4.69, 9.17) is 0 Å². The number of benzene rings is 1. The molecule has 1 fully saturated rings. The fourth-order valence-electron chi connectivity index (χ4n) is 3.67. The predicted molar refractivity (Wildman–Crippen MR) is 99.8 cm³/mol. The van der Waals surface area contributed by atoms with Gasteiger partial charge in [0.25, 0.3) is 5.91 Å². The summed E-state index contributed by atoms with van der Waals surface area (Å²) in [6.07, 6.45) is 7.52. The average molecular weight is 362 g/mol. The Balaban J connectivity index is 1.86. The van der Waals surface area contributed by atoms with Crippen molar-refractivity contribution < 1.29 is 13.2 Å². The third kappa shape index (κ3) is 3.96. The molecule has 2 N–H and O–H groups in total. The Bertz CT molecular complexity index is 800. The van der Waals surface area contributed by atoms with Crippen molar-refractivity contribution in [2.24, 2.45) is 0 Å². The molecule has 0 unspecified atom stereocenters. The number of anilines is 1. The number of fused-ring (bicyclic) bond motifs is 1. The van der Waals surface area contributed by atoms with Crippen LogP contribution in [0.5, 0.6) is 0 Å². The number of amides is 1. The summed E-state index contributed by atoms with van der Waals surface area (Å²) in [4.78, 5) is 12.3. The molecule has 0 bridgehead atoms. The van der Waals surface area contributed by atoms with E-state index in [1.54, 1.807) is 18.2 Å². The monoisotopic (exact) mass is 362 g/mol. The molecule has 0 radical (unpaired) electrons. The molecule has 1 aromatic rings. The van der Waals surface area contributed by atoms with Crippen molar-refractivity contribution in [3.05, 3.63) is 29.3 Å². The van der Waals surface area contributed by atoms with Crippen LogP contribution in [0, 0.1) is 0 Å². The SMILES string of the molecule is CC(C)=C1C(=O)Nc2ccc(S(=O)(=O)NC3CCCCCCC3)cc21. The predicted octanol–water partition coefficient (Wildman–Crippen LogP) is 3.82. The number of allylic oxidation sites excluding steroid dienone is 1. The van der Waals surface area contributed by atoms with Crippen LogP contribution in [-0.4, -0.2) is 20.4 Å². The van der Waals surface area contributed by atoms with Gasteiger partial charge in [-0.1, -0.05) is 37.7 Å². The molecule has 1 aliphatic carbocycles. The normalized spacial score (nSPS) is 19.1. The maximum Gasteiger partial charge on any atom is 0.256 e. The molecule has 0 atom stereocenters. The third-order valence-corrected chi connectivity index (χ3v) is 6.49. The Hall–Kier alpha value is -1.66. The largest absolute Gasteiger partial charge is 0.321 e. The summed E-state index contributed by atoms with van der Waals surface area (Å²) in [6, 6.07) is 4.86. The van der Waals surface area contributed by atoms with E-state index in [2.05, 4.69) is 10.0 Å². The summed E-state index contributed by atoms with van der Waals surface area (Å²) >= 11 is 0. The molecule has 1 aliphatic heterocycles. The summed E-state index contributed by atoms with van der Waals surface area (Å²) in [5.74, 6) is -0.169. The number of carbonyl (C=O) groups is 1. The molecule has 25 heavy (non-hydrogen) atoms. The van der Waals surface area contributed by atoms with E-state index in [0.29, 0.717) is 16.8 Å². The van der Waals surface area contributed by atoms with Crippen molar-refractivity contribution in [1.82, 2.24) is 4.72 Å². The number of rotatable bonds is 3. The molecule has 136 valence electrons. The maximum atomic E-state index is 12.8. The lowest BCUT2D eigenvalue weighted by atomic mass is 9.97. The van der Waals surface area contributed by atoms with Crippen LogP contribution in [0.1, 0.15) is 64.4 Å². The topological polar surface area (TPSA) is 75.3 Å². The van der Waals surface area contributed by atoms with E-state index in [0.717, 1.165) is 31.3 Å². The minimum Gasteiger partial charge on any atom is -0.321 e. The summed E-state index contributed by atoms with van der Waals surface area (Å²) < 4.78 is 28.5. The van der Waals surface area contributed by atoms with Crippen molar-refractivity contribution in [3.63, 3.8) is 0 Å². The van der Waals surface area contributed by atoms with Crippen LogP contribution in [-0.2, 0) is 14.8 Å². The summed E-state index contributed by atoms with van der Waals surface area (Å²) in [5.41, 5.74) is 2.79. The van der Waals surface area contributed by atoms with Gasteiger partial charge in [-0.15, -0.1) is 0 Å². The Morgan fingerprint density at radius 1 is 1.08 bits per heavy atom. The first kappa shape index (κ1) is 18.1. The highest BCUT2D eigenvalue weighted by Crippen LogP contribution is 2.35. The molecule has 3 rings (SSSR count). The van der Waals surface area contributed by atoms with Crippen molar-refractivity contribution >= 4 is 27.2 Å². The summed E-state index contributed by atoms with van der Waals surface area (Å²) in [6.45, 7) is 3.72. The van der Waals surface area contributed by atoms with Crippen LogP contribution in [0.25, 0.3) is 5.57 Å². The minimum absolute atomic E-state index is 0.00114. The molecule has 0 spiro atoms. The molecule has 1 amide bonds. The van der Waals surface area contributed by atoms with Gasteiger partial charge in [0.1, 0.15) is 0 Å². The zero-order valence-corrected chi connectivity index (χ0v) is 15.7. The lowest BCUT2D eigenvalue weighted by molar-refractivity contribution is -0.110. The maximum absolute atomic E-state index is 12.8. The van der Waals surface area contributed by atoms with Gasteiger partial charge in [0.2, 0.25) is 10.0 Å². The number of hydrogen-bond donors (Lipinski definition) is 2. The fourth-order valence-corrected chi connectivity index (χ4v) is 5.00. The van der Waals surface area contributed by atoms with Crippen LogP contribution in [0.3, 0.4) is 0 Å². The van der Waals surface area contributed by atoms with E-state index in [1.165, 1.54) is 19.3 Å². The molecule has 1 aromatic carbocycles. The summed E-state index contributed by atoms with van der Waals surface area (Å²) in [5, 5.41) is 2.79. The standard InChI is InChI=1S/C19H26N2O3S/c1-13(2)18-16-12-15(10-11-17(16)20-19(18)22)25(23,24)21-14-8-6-4-3-5-7-9-14/h10-12,14,21H,3-9H2,1-2H3,(H,20,22). The van der Waals surface area contributed by atoms with Crippen molar-refractivity contribution in [2.75, 3.05) is 5.32 Å². The van der Waals surface area contributed by atoms with Crippen LogP contribution in [0.4, 0.5) is 5.69 Å². The Morgan fingerprint density at radius 2 is 1.72 bits per heavy atom. The van der Waals surface area contributed by atoms with E-state index < -0.39 is 10.0 Å². The van der Waals surface area contributed by atoms with E-state index >= 15 is 0 Å². The van der Waals surface area contributed by atoms with E-state index in [1.807, 2.05) is 13.8 Å². The van der Waals surface area contributed by atoms with Crippen LogP contribution in [0.15, 0.2) is 28.7 Å². The first-order valence-electron chi connectivity index (χ1n) is 9.04. The van der Waals surface area contributed by atoms with Crippen molar-refractivity contribution in [1.29, 1.82) is 0 Å². The van der Waals surface area contributed by atoms with Crippen LogP contribution < -0.4 is 10.0 Å².